The molecule has 4 nitrogen and oxygen atoms in total. The molecule has 4 heteroatoms. The van der Waals surface area contributed by atoms with Gasteiger partial charge in [-0.05, 0) is 37.1 Å². The number of hydrogen-bond donors (Lipinski definition) is 1. The molecule has 0 atom stereocenters. The van der Waals surface area contributed by atoms with E-state index in [1.807, 2.05) is 32.0 Å². The standard InChI is InChI=1S/C13H16N2O2/c1-9-3-4-11(7-10(9)2)13(17)15-6-5-14-12(16)8-15/h3-4,7H,5-6,8H2,1-2H3,(H,14,16). The smallest absolute Gasteiger partial charge is 0.254 e. The number of carbonyl (C=O) groups is 2. The molecule has 0 radical (unpaired) electrons. The summed E-state index contributed by atoms with van der Waals surface area (Å²) in [6.07, 6.45) is 0. The molecule has 1 aromatic rings. The third kappa shape index (κ3) is 2.46. The second-order valence-electron chi connectivity index (χ2n) is 4.38. The molecule has 0 bridgehead atoms. The Morgan fingerprint density at radius 1 is 1.29 bits per heavy atom. The predicted molar refractivity (Wildman–Crippen MR) is 64.8 cm³/mol. The maximum atomic E-state index is 12.2. The quantitative estimate of drug-likeness (QED) is 0.781. The number of nitrogens with zero attached hydrogens (tertiary/aromatic N) is 1. The van der Waals surface area contributed by atoms with Crippen molar-refractivity contribution in [2.75, 3.05) is 19.6 Å². The molecule has 0 spiro atoms. The van der Waals surface area contributed by atoms with Gasteiger partial charge in [-0.2, -0.15) is 0 Å². The third-order valence-corrected chi connectivity index (χ3v) is 3.08. The van der Waals surface area contributed by atoms with Gasteiger partial charge in [0.25, 0.3) is 5.91 Å². The Labute approximate surface area is 101 Å². The van der Waals surface area contributed by atoms with Crippen molar-refractivity contribution in [3.8, 4) is 0 Å². The summed E-state index contributed by atoms with van der Waals surface area (Å²) in [5.74, 6) is -0.156. The van der Waals surface area contributed by atoms with Gasteiger partial charge in [-0.3, -0.25) is 9.59 Å². The number of rotatable bonds is 1. The third-order valence-electron chi connectivity index (χ3n) is 3.08. The first-order valence-electron chi connectivity index (χ1n) is 5.71. The molecule has 1 aliphatic rings. The van der Waals surface area contributed by atoms with Crippen LogP contribution in [0, 0.1) is 13.8 Å². The first kappa shape index (κ1) is 11.6. The van der Waals surface area contributed by atoms with Crippen LogP contribution in [0.2, 0.25) is 0 Å². The predicted octanol–water partition coefficient (Wildman–Crippen LogP) is 0.875. The lowest BCUT2D eigenvalue weighted by Gasteiger charge is -2.26. The molecule has 17 heavy (non-hydrogen) atoms. The number of benzene rings is 1. The summed E-state index contributed by atoms with van der Waals surface area (Å²) >= 11 is 0. The molecule has 2 amide bonds. The van der Waals surface area contributed by atoms with Gasteiger partial charge in [0.2, 0.25) is 5.91 Å². The van der Waals surface area contributed by atoms with E-state index in [1.54, 1.807) is 4.90 Å². The summed E-state index contributed by atoms with van der Waals surface area (Å²) in [5.41, 5.74) is 2.91. The fourth-order valence-electron chi connectivity index (χ4n) is 1.87. The van der Waals surface area contributed by atoms with E-state index in [-0.39, 0.29) is 18.4 Å². The largest absolute Gasteiger partial charge is 0.353 e. The first-order chi connectivity index (χ1) is 8.08. The van der Waals surface area contributed by atoms with Crippen molar-refractivity contribution in [2.45, 2.75) is 13.8 Å². The molecule has 1 aliphatic heterocycles. The fraction of sp³-hybridized carbons (Fsp3) is 0.385. The normalized spacial score (nSPS) is 15.6. The second-order valence-corrected chi connectivity index (χ2v) is 4.38. The van der Waals surface area contributed by atoms with E-state index in [4.69, 9.17) is 0 Å². The van der Waals surface area contributed by atoms with Crippen LogP contribution >= 0.6 is 0 Å². The minimum Gasteiger partial charge on any atom is -0.353 e. The molecule has 1 aromatic carbocycles. The lowest BCUT2D eigenvalue weighted by molar-refractivity contribution is -0.123. The van der Waals surface area contributed by atoms with E-state index in [1.165, 1.54) is 0 Å². The number of hydrogen-bond acceptors (Lipinski definition) is 2. The molecule has 0 aliphatic carbocycles. The number of piperazine rings is 1. The van der Waals surface area contributed by atoms with Gasteiger partial charge in [-0.1, -0.05) is 6.07 Å². The Kier molecular flexibility index (Phi) is 3.13. The highest BCUT2D eigenvalue weighted by Gasteiger charge is 2.22. The van der Waals surface area contributed by atoms with Crippen LogP contribution in [0.3, 0.4) is 0 Å². The van der Waals surface area contributed by atoms with Gasteiger partial charge in [0.05, 0.1) is 6.54 Å². The Bertz CT molecular complexity index is 468. The molecule has 2 rings (SSSR count). The first-order valence-corrected chi connectivity index (χ1v) is 5.71. The van der Waals surface area contributed by atoms with Crippen LogP contribution < -0.4 is 5.32 Å². The van der Waals surface area contributed by atoms with Crippen LogP contribution in [0.5, 0.6) is 0 Å². The summed E-state index contributed by atoms with van der Waals surface area (Å²) in [6, 6.07) is 5.63. The number of amides is 2. The Hall–Kier alpha value is -1.84. The van der Waals surface area contributed by atoms with E-state index in [0.29, 0.717) is 18.7 Å². The van der Waals surface area contributed by atoms with Gasteiger partial charge in [0, 0.05) is 18.7 Å². The zero-order valence-corrected chi connectivity index (χ0v) is 10.1. The lowest BCUT2D eigenvalue weighted by Crippen LogP contribution is -2.49. The average molecular weight is 232 g/mol. The lowest BCUT2D eigenvalue weighted by atomic mass is 10.1. The molecule has 0 unspecified atom stereocenters. The Balaban J connectivity index is 2.18. The topological polar surface area (TPSA) is 49.4 Å². The van der Waals surface area contributed by atoms with E-state index >= 15 is 0 Å². The second kappa shape index (κ2) is 4.57. The van der Waals surface area contributed by atoms with Gasteiger partial charge in [-0.15, -0.1) is 0 Å². The van der Waals surface area contributed by atoms with Gasteiger partial charge in [0.15, 0.2) is 0 Å². The van der Waals surface area contributed by atoms with Crippen LogP contribution in [0.4, 0.5) is 0 Å². The fourth-order valence-corrected chi connectivity index (χ4v) is 1.87. The summed E-state index contributed by atoms with van der Waals surface area (Å²) in [5, 5.41) is 2.71. The molecule has 0 aromatic heterocycles. The molecule has 1 fully saturated rings. The summed E-state index contributed by atoms with van der Waals surface area (Å²) in [7, 11) is 0. The summed E-state index contributed by atoms with van der Waals surface area (Å²) < 4.78 is 0. The van der Waals surface area contributed by atoms with Crippen molar-refractivity contribution in [3.05, 3.63) is 34.9 Å². The van der Waals surface area contributed by atoms with E-state index in [9.17, 15) is 9.59 Å². The van der Waals surface area contributed by atoms with Gasteiger partial charge >= 0.3 is 0 Å². The molecule has 0 saturated carbocycles. The van der Waals surface area contributed by atoms with Crippen LogP contribution in [0.25, 0.3) is 0 Å². The highest BCUT2D eigenvalue weighted by atomic mass is 16.2. The van der Waals surface area contributed by atoms with Crippen molar-refractivity contribution in [1.82, 2.24) is 10.2 Å². The van der Waals surface area contributed by atoms with Crippen molar-refractivity contribution in [1.29, 1.82) is 0 Å². The molecule has 1 N–H and O–H groups in total. The minimum atomic E-state index is -0.0894. The van der Waals surface area contributed by atoms with Gasteiger partial charge in [-0.25, -0.2) is 0 Å². The van der Waals surface area contributed by atoms with Crippen molar-refractivity contribution >= 4 is 11.8 Å². The van der Waals surface area contributed by atoms with Crippen LogP contribution in [-0.2, 0) is 4.79 Å². The van der Waals surface area contributed by atoms with E-state index in [2.05, 4.69) is 5.32 Å². The Morgan fingerprint density at radius 3 is 2.71 bits per heavy atom. The highest BCUT2D eigenvalue weighted by Crippen LogP contribution is 2.12. The van der Waals surface area contributed by atoms with Crippen LogP contribution in [0.15, 0.2) is 18.2 Å². The van der Waals surface area contributed by atoms with Crippen LogP contribution in [0.1, 0.15) is 21.5 Å². The Morgan fingerprint density at radius 2 is 2.06 bits per heavy atom. The maximum Gasteiger partial charge on any atom is 0.254 e. The number of nitrogens with one attached hydrogen (secondary N) is 1. The number of aryl methyl sites for hydroxylation is 2. The van der Waals surface area contributed by atoms with Crippen LogP contribution in [-0.4, -0.2) is 36.3 Å². The SMILES string of the molecule is Cc1ccc(C(=O)N2CCNC(=O)C2)cc1C. The molecule has 1 saturated heterocycles. The summed E-state index contributed by atoms with van der Waals surface area (Å²) in [6.45, 7) is 5.27. The van der Waals surface area contributed by atoms with Gasteiger partial charge < -0.3 is 10.2 Å². The van der Waals surface area contributed by atoms with E-state index < -0.39 is 0 Å². The van der Waals surface area contributed by atoms with Gasteiger partial charge in [0.1, 0.15) is 0 Å². The average Bonchev–Trinajstić information content (AvgIpc) is 2.32. The molecular weight excluding hydrogens is 216 g/mol. The zero-order valence-electron chi connectivity index (χ0n) is 10.1. The molecular formula is C13H16N2O2. The number of carbonyl (C=O) groups excluding carboxylic acids is 2. The van der Waals surface area contributed by atoms with Crippen molar-refractivity contribution in [2.24, 2.45) is 0 Å². The molecule has 90 valence electrons. The molecule has 1 heterocycles. The maximum absolute atomic E-state index is 12.2. The zero-order chi connectivity index (χ0) is 12.4. The highest BCUT2D eigenvalue weighted by molar-refractivity contribution is 5.97. The van der Waals surface area contributed by atoms with Crippen molar-refractivity contribution in [3.63, 3.8) is 0 Å². The minimum absolute atomic E-state index is 0.0667. The summed E-state index contributed by atoms with van der Waals surface area (Å²) in [4.78, 5) is 25.0. The van der Waals surface area contributed by atoms with Crippen molar-refractivity contribution < 1.29 is 9.59 Å². The van der Waals surface area contributed by atoms with E-state index in [0.717, 1.165) is 11.1 Å². The monoisotopic (exact) mass is 232 g/mol.